The van der Waals surface area contributed by atoms with Gasteiger partial charge < -0.3 is 0 Å². The van der Waals surface area contributed by atoms with Crippen molar-refractivity contribution in [3.63, 3.8) is 0 Å². The van der Waals surface area contributed by atoms with Crippen molar-refractivity contribution < 1.29 is 4.39 Å². The van der Waals surface area contributed by atoms with E-state index in [1.807, 2.05) is 37.4 Å². The first kappa shape index (κ1) is 18.2. The minimum absolute atomic E-state index is 0.226. The van der Waals surface area contributed by atoms with E-state index < -0.39 is 0 Å². The zero-order chi connectivity index (χ0) is 20.5. The summed E-state index contributed by atoms with van der Waals surface area (Å²) in [4.78, 5) is 9.28. The quantitative estimate of drug-likeness (QED) is 0.395. The lowest BCUT2D eigenvalue weighted by Gasteiger charge is -2.10. The molecule has 5 heteroatoms. The third-order valence-corrected chi connectivity index (χ3v) is 5.15. The summed E-state index contributed by atoms with van der Waals surface area (Å²) in [6.45, 7) is 2.36. The van der Waals surface area contributed by atoms with Crippen molar-refractivity contribution in [2.75, 3.05) is 0 Å². The molecule has 3 aromatic heterocycles. The van der Waals surface area contributed by atoms with Gasteiger partial charge in [0.15, 0.2) is 0 Å². The Kier molecular flexibility index (Phi) is 4.56. The van der Waals surface area contributed by atoms with E-state index in [0.717, 1.165) is 39.0 Å². The molecule has 0 saturated heterocycles. The van der Waals surface area contributed by atoms with Gasteiger partial charge in [-0.15, -0.1) is 0 Å². The molecule has 0 aliphatic heterocycles. The molecule has 5 rings (SSSR count). The van der Waals surface area contributed by atoms with Gasteiger partial charge in [0, 0.05) is 45.7 Å². The number of pyridine rings is 2. The fourth-order valence-corrected chi connectivity index (χ4v) is 3.61. The summed E-state index contributed by atoms with van der Waals surface area (Å²) in [6, 6.07) is 21.0. The van der Waals surface area contributed by atoms with Crippen LogP contribution in [0.2, 0.25) is 0 Å². The fourth-order valence-electron chi connectivity index (χ4n) is 3.61. The number of aryl methyl sites for hydroxylation is 1. The lowest BCUT2D eigenvalue weighted by Crippen LogP contribution is -2.01. The molecule has 30 heavy (non-hydrogen) atoms. The van der Waals surface area contributed by atoms with Crippen molar-refractivity contribution in [3.05, 3.63) is 102 Å². The van der Waals surface area contributed by atoms with Crippen molar-refractivity contribution in [2.24, 2.45) is 0 Å². The summed E-state index contributed by atoms with van der Waals surface area (Å²) in [6.07, 6.45) is 5.53. The molecular weight excluding hydrogens is 375 g/mol. The Balaban J connectivity index is 1.55. The number of benzene rings is 2. The number of nitrogens with zero attached hydrogens (tertiary/aromatic N) is 4. The summed E-state index contributed by atoms with van der Waals surface area (Å²) < 4.78 is 15.8. The van der Waals surface area contributed by atoms with Gasteiger partial charge in [0.2, 0.25) is 0 Å². The summed E-state index contributed by atoms with van der Waals surface area (Å²) in [5.41, 5.74) is 6.28. The highest BCUT2D eigenvalue weighted by atomic mass is 19.1. The third kappa shape index (κ3) is 3.46. The fraction of sp³-hybridized carbons (Fsp3) is 0.0800. The lowest BCUT2D eigenvalue weighted by atomic mass is 10.00. The van der Waals surface area contributed by atoms with Crippen LogP contribution in [0.3, 0.4) is 0 Å². The molecule has 0 atom stereocenters. The second-order valence-electron chi connectivity index (χ2n) is 7.28. The Morgan fingerprint density at radius 1 is 0.933 bits per heavy atom. The summed E-state index contributed by atoms with van der Waals surface area (Å²) >= 11 is 0. The molecule has 0 aliphatic carbocycles. The van der Waals surface area contributed by atoms with Crippen LogP contribution in [0.1, 0.15) is 11.3 Å². The van der Waals surface area contributed by atoms with E-state index in [-0.39, 0.29) is 5.82 Å². The standard InChI is InChI=1S/C25H19FN4/c1-17-8-11-22(21-14-28-30(16-21)15-20-5-2-3-7-23(20)26)25(29-17)19-10-9-18-6-4-12-27-24(18)13-19/h2-14,16H,15H2,1H3. The zero-order valence-corrected chi connectivity index (χ0v) is 16.5. The number of rotatable bonds is 4. The van der Waals surface area contributed by atoms with E-state index in [1.165, 1.54) is 6.07 Å². The number of fused-ring (bicyclic) bond motifs is 1. The van der Waals surface area contributed by atoms with Crippen LogP contribution < -0.4 is 0 Å². The second kappa shape index (κ2) is 7.52. The lowest BCUT2D eigenvalue weighted by molar-refractivity contribution is 0.585. The summed E-state index contributed by atoms with van der Waals surface area (Å²) in [5, 5.41) is 5.54. The van der Waals surface area contributed by atoms with E-state index in [0.29, 0.717) is 12.1 Å². The number of halogens is 1. The molecule has 146 valence electrons. The van der Waals surface area contributed by atoms with Crippen molar-refractivity contribution in [3.8, 4) is 22.4 Å². The minimum atomic E-state index is -0.226. The molecule has 2 aromatic carbocycles. The van der Waals surface area contributed by atoms with Crippen LogP contribution in [0.4, 0.5) is 4.39 Å². The van der Waals surface area contributed by atoms with Gasteiger partial charge in [-0.2, -0.15) is 5.10 Å². The van der Waals surface area contributed by atoms with E-state index in [1.54, 1.807) is 29.2 Å². The minimum Gasteiger partial charge on any atom is -0.268 e. The van der Waals surface area contributed by atoms with Gasteiger partial charge in [-0.3, -0.25) is 14.6 Å². The van der Waals surface area contributed by atoms with Gasteiger partial charge in [-0.1, -0.05) is 42.5 Å². The van der Waals surface area contributed by atoms with Crippen LogP contribution in [0.25, 0.3) is 33.3 Å². The van der Waals surface area contributed by atoms with Crippen molar-refractivity contribution in [2.45, 2.75) is 13.5 Å². The van der Waals surface area contributed by atoms with E-state index in [2.05, 4.69) is 34.3 Å². The number of aromatic nitrogens is 4. The van der Waals surface area contributed by atoms with Gasteiger partial charge in [-0.25, -0.2) is 4.39 Å². The Bertz CT molecular complexity index is 1360. The van der Waals surface area contributed by atoms with E-state index in [9.17, 15) is 4.39 Å². The Labute approximate surface area is 173 Å². The smallest absolute Gasteiger partial charge is 0.128 e. The molecule has 4 nitrogen and oxygen atoms in total. The molecule has 0 radical (unpaired) electrons. The highest BCUT2D eigenvalue weighted by Crippen LogP contribution is 2.32. The molecule has 0 spiro atoms. The monoisotopic (exact) mass is 394 g/mol. The van der Waals surface area contributed by atoms with Crippen LogP contribution in [-0.4, -0.2) is 19.7 Å². The third-order valence-electron chi connectivity index (χ3n) is 5.15. The molecule has 0 fully saturated rings. The van der Waals surface area contributed by atoms with Crippen LogP contribution in [0.15, 0.2) is 85.3 Å². The molecular formula is C25H19FN4. The predicted octanol–water partition coefficient (Wildman–Crippen LogP) is 5.66. The van der Waals surface area contributed by atoms with Gasteiger partial charge in [0.25, 0.3) is 0 Å². The maximum absolute atomic E-state index is 14.0. The number of hydrogen-bond donors (Lipinski definition) is 0. The topological polar surface area (TPSA) is 43.6 Å². The van der Waals surface area contributed by atoms with Crippen molar-refractivity contribution in [1.29, 1.82) is 0 Å². The van der Waals surface area contributed by atoms with Crippen LogP contribution in [0.5, 0.6) is 0 Å². The number of hydrogen-bond acceptors (Lipinski definition) is 3. The largest absolute Gasteiger partial charge is 0.268 e. The Morgan fingerprint density at radius 2 is 1.83 bits per heavy atom. The first-order valence-corrected chi connectivity index (χ1v) is 9.76. The first-order chi connectivity index (χ1) is 14.7. The molecule has 0 saturated carbocycles. The molecule has 0 unspecified atom stereocenters. The molecule has 3 heterocycles. The van der Waals surface area contributed by atoms with Crippen LogP contribution in [-0.2, 0) is 6.54 Å². The highest BCUT2D eigenvalue weighted by molar-refractivity contribution is 5.87. The zero-order valence-electron chi connectivity index (χ0n) is 16.5. The molecule has 5 aromatic rings. The van der Waals surface area contributed by atoms with Crippen molar-refractivity contribution in [1.82, 2.24) is 19.7 Å². The maximum Gasteiger partial charge on any atom is 0.128 e. The predicted molar refractivity (Wildman–Crippen MR) is 116 cm³/mol. The molecule has 0 amide bonds. The Hall–Kier alpha value is -3.86. The SMILES string of the molecule is Cc1ccc(-c2cnn(Cc3ccccc3F)c2)c(-c2ccc3cccnc3c2)n1. The molecule has 0 N–H and O–H groups in total. The first-order valence-electron chi connectivity index (χ1n) is 9.76. The van der Waals surface area contributed by atoms with Gasteiger partial charge >= 0.3 is 0 Å². The molecule has 0 bridgehead atoms. The van der Waals surface area contributed by atoms with Gasteiger partial charge in [0.1, 0.15) is 5.82 Å². The van der Waals surface area contributed by atoms with E-state index in [4.69, 9.17) is 4.98 Å². The maximum atomic E-state index is 14.0. The van der Waals surface area contributed by atoms with E-state index >= 15 is 0 Å². The van der Waals surface area contributed by atoms with Crippen LogP contribution in [0, 0.1) is 12.7 Å². The Morgan fingerprint density at radius 3 is 2.73 bits per heavy atom. The second-order valence-corrected chi connectivity index (χ2v) is 7.28. The average Bonchev–Trinajstić information content (AvgIpc) is 3.23. The summed E-state index contributed by atoms with van der Waals surface area (Å²) in [7, 11) is 0. The highest BCUT2D eigenvalue weighted by Gasteiger charge is 2.13. The van der Waals surface area contributed by atoms with Gasteiger partial charge in [-0.05, 0) is 31.2 Å². The summed E-state index contributed by atoms with van der Waals surface area (Å²) in [5.74, 6) is -0.226. The van der Waals surface area contributed by atoms with Crippen molar-refractivity contribution >= 4 is 10.9 Å². The average molecular weight is 394 g/mol. The molecule has 0 aliphatic rings. The normalized spacial score (nSPS) is 11.1. The van der Waals surface area contributed by atoms with Gasteiger partial charge in [0.05, 0.1) is 24.0 Å². The van der Waals surface area contributed by atoms with Crippen LogP contribution >= 0.6 is 0 Å².